The van der Waals surface area contributed by atoms with Crippen LogP contribution in [0, 0.1) is 6.92 Å². The molecule has 156 valence electrons. The minimum atomic E-state index is -3.59. The number of ether oxygens (including phenoxy) is 1. The predicted molar refractivity (Wildman–Crippen MR) is 118 cm³/mol. The van der Waals surface area contributed by atoms with Crippen LogP contribution in [0.5, 0.6) is 5.75 Å². The van der Waals surface area contributed by atoms with Crippen molar-refractivity contribution in [3.63, 3.8) is 0 Å². The smallest absolute Gasteiger partial charge is 0.240 e. The van der Waals surface area contributed by atoms with Crippen molar-refractivity contribution in [2.24, 2.45) is 0 Å². The van der Waals surface area contributed by atoms with Gasteiger partial charge in [-0.15, -0.1) is 16.4 Å². The molecule has 1 N–H and O–H groups in total. The Bertz CT molecular complexity index is 1240. The van der Waals surface area contributed by atoms with Gasteiger partial charge in [-0.1, -0.05) is 29.8 Å². The molecule has 0 saturated heterocycles. The fraction of sp³-hybridized carbons (Fsp3) is 0.238. The molecule has 30 heavy (non-hydrogen) atoms. The van der Waals surface area contributed by atoms with Crippen LogP contribution in [-0.2, 0) is 16.4 Å². The van der Waals surface area contributed by atoms with Crippen LogP contribution in [0.4, 0.5) is 0 Å². The van der Waals surface area contributed by atoms with E-state index in [-0.39, 0.29) is 11.4 Å². The summed E-state index contributed by atoms with van der Waals surface area (Å²) in [6.45, 7) is 4.72. The van der Waals surface area contributed by atoms with Gasteiger partial charge in [-0.3, -0.25) is 0 Å². The van der Waals surface area contributed by atoms with E-state index in [1.54, 1.807) is 28.8 Å². The van der Waals surface area contributed by atoms with Gasteiger partial charge in [-0.05, 0) is 38.1 Å². The van der Waals surface area contributed by atoms with Crippen molar-refractivity contribution in [3.8, 4) is 17.1 Å². The van der Waals surface area contributed by atoms with Gasteiger partial charge in [-0.2, -0.15) is 4.98 Å². The molecule has 0 spiro atoms. The van der Waals surface area contributed by atoms with Crippen LogP contribution in [-0.4, -0.2) is 36.2 Å². The average molecular weight is 443 g/mol. The van der Waals surface area contributed by atoms with Crippen molar-refractivity contribution in [3.05, 3.63) is 65.2 Å². The molecule has 2 aromatic carbocycles. The van der Waals surface area contributed by atoms with Crippen LogP contribution in [0.3, 0.4) is 0 Å². The molecule has 0 fully saturated rings. The van der Waals surface area contributed by atoms with Crippen LogP contribution in [0.2, 0.25) is 0 Å². The van der Waals surface area contributed by atoms with Crippen LogP contribution >= 0.6 is 11.3 Å². The largest absolute Gasteiger partial charge is 0.494 e. The fourth-order valence-corrected chi connectivity index (χ4v) is 4.89. The van der Waals surface area contributed by atoms with Crippen molar-refractivity contribution >= 4 is 26.3 Å². The molecule has 0 aliphatic carbocycles. The quantitative estimate of drug-likeness (QED) is 0.450. The molecular formula is C21H22N4O3S2. The average Bonchev–Trinajstić information content (AvgIpc) is 3.31. The number of sulfonamides is 1. The molecule has 2 aromatic heterocycles. The second kappa shape index (κ2) is 8.55. The lowest BCUT2D eigenvalue weighted by Crippen LogP contribution is -2.26. The van der Waals surface area contributed by atoms with Crippen LogP contribution < -0.4 is 9.46 Å². The number of benzene rings is 2. The van der Waals surface area contributed by atoms with E-state index in [1.165, 1.54) is 16.9 Å². The van der Waals surface area contributed by atoms with E-state index < -0.39 is 10.0 Å². The fourth-order valence-electron chi connectivity index (χ4n) is 3.00. The third-order valence-electron chi connectivity index (χ3n) is 4.58. The summed E-state index contributed by atoms with van der Waals surface area (Å²) in [5.74, 6) is 1.31. The van der Waals surface area contributed by atoms with Crippen molar-refractivity contribution < 1.29 is 13.2 Å². The summed E-state index contributed by atoms with van der Waals surface area (Å²) in [5.41, 5.74) is 3.05. The molecule has 9 heteroatoms. The highest BCUT2D eigenvalue weighted by Crippen LogP contribution is 2.21. The second-order valence-corrected chi connectivity index (χ2v) is 9.38. The number of thiazole rings is 1. The molecule has 7 nitrogen and oxygen atoms in total. The Morgan fingerprint density at radius 2 is 1.83 bits per heavy atom. The molecule has 0 unspecified atom stereocenters. The first-order valence-electron chi connectivity index (χ1n) is 9.59. The molecule has 0 saturated carbocycles. The van der Waals surface area contributed by atoms with Crippen molar-refractivity contribution in [2.75, 3.05) is 13.2 Å². The Hall–Kier alpha value is -2.75. The standard InChI is InChI=1S/C21H22N4O3S2/c1-3-28-18-8-10-19(11-9-18)30(26,27)22-13-12-17-14-29-21-23-20(24-25(17)21)16-6-4-15(2)5-7-16/h4-11,14,22H,3,12-13H2,1-2H3. The van der Waals surface area contributed by atoms with Gasteiger partial charge in [0.1, 0.15) is 5.75 Å². The Labute approximate surface area is 179 Å². The van der Waals surface area contributed by atoms with Gasteiger partial charge in [0.25, 0.3) is 0 Å². The first kappa shape index (κ1) is 20.5. The molecule has 0 amide bonds. The van der Waals surface area contributed by atoms with Crippen LogP contribution in [0.15, 0.2) is 58.8 Å². The van der Waals surface area contributed by atoms with Crippen LogP contribution in [0.1, 0.15) is 18.2 Å². The Morgan fingerprint density at radius 1 is 1.10 bits per heavy atom. The maximum atomic E-state index is 12.5. The lowest BCUT2D eigenvalue weighted by molar-refractivity contribution is 0.340. The number of fused-ring (bicyclic) bond motifs is 1. The number of hydrogen-bond acceptors (Lipinski definition) is 6. The predicted octanol–water partition coefficient (Wildman–Crippen LogP) is 3.69. The maximum absolute atomic E-state index is 12.5. The number of nitrogens with zero attached hydrogens (tertiary/aromatic N) is 3. The Balaban J connectivity index is 1.44. The molecule has 4 rings (SSSR count). The van der Waals surface area contributed by atoms with E-state index in [1.807, 2.05) is 43.5 Å². The minimum absolute atomic E-state index is 0.212. The van der Waals surface area contributed by atoms with E-state index in [9.17, 15) is 8.42 Å². The summed E-state index contributed by atoms with van der Waals surface area (Å²) in [7, 11) is -3.59. The Kier molecular flexibility index (Phi) is 5.85. The second-order valence-electron chi connectivity index (χ2n) is 6.78. The summed E-state index contributed by atoms with van der Waals surface area (Å²) in [4.78, 5) is 5.58. The normalized spacial score (nSPS) is 11.8. The van der Waals surface area contributed by atoms with Gasteiger partial charge in [-0.25, -0.2) is 17.7 Å². The number of nitrogens with one attached hydrogen (secondary N) is 1. The first-order chi connectivity index (χ1) is 14.5. The summed E-state index contributed by atoms with van der Waals surface area (Å²) in [6, 6.07) is 14.5. The summed E-state index contributed by atoms with van der Waals surface area (Å²) in [5, 5.41) is 6.56. The molecule has 0 aliphatic heterocycles. The van der Waals surface area contributed by atoms with Crippen LogP contribution in [0.25, 0.3) is 16.3 Å². The molecule has 0 atom stereocenters. The molecule has 0 radical (unpaired) electrons. The van der Waals surface area contributed by atoms with E-state index in [0.29, 0.717) is 24.6 Å². The van der Waals surface area contributed by atoms with E-state index in [4.69, 9.17) is 4.74 Å². The molecule has 4 aromatic rings. The minimum Gasteiger partial charge on any atom is -0.494 e. The van der Waals surface area contributed by atoms with Crippen molar-refractivity contribution in [2.45, 2.75) is 25.2 Å². The Morgan fingerprint density at radius 3 is 2.53 bits per heavy atom. The molecular weight excluding hydrogens is 420 g/mol. The zero-order valence-corrected chi connectivity index (χ0v) is 18.3. The van der Waals surface area contributed by atoms with E-state index >= 15 is 0 Å². The highest BCUT2D eigenvalue weighted by molar-refractivity contribution is 7.89. The first-order valence-corrected chi connectivity index (χ1v) is 12.0. The SMILES string of the molecule is CCOc1ccc(S(=O)(=O)NCCc2csc3nc(-c4ccc(C)cc4)nn23)cc1. The highest BCUT2D eigenvalue weighted by Gasteiger charge is 2.15. The number of rotatable bonds is 8. The molecule has 0 aliphatic rings. The highest BCUT2D eigenvalue weighted by atomic mass is 32.2. The van der Waals surface area contributed by atoms with Crippen molar-refractivity contribution in [1.29, 1.82) is 0 Å². The number of hydrogen-bond donors (Lipinski definition) is 1. The summed E-state index contributed by atoms with van der Waals surface area (Å²) < 4.78 is 34.8. The summed E-state index contributed by atoms with van der Waals surface area (Å²) in [6.07, 6.45) is 0.507. The molecule has 0 bridgehead atoms. The van der Waals surface area contributed by atoms with Gasteiger partial charge in [0.15, 0.2) is 5.82 Å². The summed E-state index contributed by atoms with van der Waals surface area (Å²) >= 11 is 1.49. The number of aryl methyl sites for hydroxylation is 1. The van der Waals surface area contributed by atoms with Gasteiger partial charge < -0.3 is 4.74 Å². The third kappa shape index (κ3) is 4.38. The van der Waals surface area contributed by atoms with Gasteiger partial charge in [0.2, 0.25) is 15.0 Å². The topological polar surface area (TPSA) is 85.6 Å². The van der Waals surface area contributed by atoms with Gasteiger partial charge >= 0.3 is 0 Å². The monoisotopic (exact) mass is 442 g/mol. The van der Waals surface area contributed by atoms with Gasteiger partial charge in [0.05, 0.1) is 17.2 Å². The zero-order chi connectivity index (χ0) is 21.1. The number of aromatic nitrogens is 3. The lowest BCUT2D eigenvalue weighted by atomic mass is 10.1. The van der Waals surface area contributed by atoms with Gasteiger partial charge in [0, 0.05) is 23.9 Å². The molecule has 2 heterocycles. The van der Waals surface area contributed by atoms with Crippen molar-refractivity contribution in [1.82, 2.24) is 19.3 Å². The lowest BCUT2D eigenvalue weighted by Gasteiger charge is -2.08. The third-order valence-corrected chi connectivity index (χ3v) is 6.92. The zero-order valence-electron chi connectivity index (χ0n) is 16.7. The maximum Gasteiger partial charge on any atom is 0.240 e. The van der Waals surface area contributed by atoms with E-state index in [2.05, 4.69) is 14.8 Å². The van der Waals surface area contributed by atoms with E-state index in [0.717, 1.165) is 16.2 Å².